The van der Waals surface area contributed by atoms with Gasteiger partial charge in [-0.2, -0.15) is 13.2 Å². The third-order valence-electron chi connectivity index (χ3n) is 4.71. The Morgan fingerprint density at radius 3 is 2.55 bits per heavy atom. The van der Waals surface area contributed by atoms with Gasteiger partial charge in [-0.1, -0.05) is 23.7 Å². The molecular weight excluding hydrogens is 428 g/mol. The van der Waals surface area contributed by atoms with Crippen LogP contribution in [0.25, 0.3) is 0 Å². The Labute approximate surface area is 178 Å². The van der Waals surface area contributed by atoms with Crippen LogP contribution in [0.5, 0.6) is 5.75 Å². The van der Waals surface area contributed by atoms with Gasteiger partial charge in [0.25, 0.3) is 5.91 Å². The van der Waals surface area contributed by atoms with Crippen LogP contribution < -0.4 is 10.1 Å². The molecule has 1 aliphatic heterocycles. The maximum Gasteiger partial charge on any atom is 0.416 e. The van der Waals surface area contributed by atoms with E-state index in [1.165, 1.54) is 13.2 Å². The number of benzene rings is 2. The molecule has 158 valence electrons. The number of hydrogen-bond acceptors (Lipinski definition) is 3. The molecule has 9 heteroatoms. The second-order valence-electron chi connectivity index (χ2n) is 6.64. The van der Waals surface area contributed by atoms with E-state index in [1.54, 1.807) is 17.0 Å². The molecule has 0 bridgehead atoms. The predicted molar refractivity (Wildman–Crippen MR) is 108 cm³/mol. The molecule has 1 atom stereocenters. The Balaban J connectivity index is 0.00000300. The number of nitrogens with one attached hydrogen (secondary N) is 1. The second-order valence-corrected chi connectivity index (χ2v) is 7.07. The fourth-order valence-corrected chi connectivity index (χ4v) is 3.40. The first-order valence-corrected chi connectivity index (χ1v) is 9.18. The molecule has 1 N–H and O–H groups in total. The van der Waals surface area contributed by atoms with E-state index < -0.39 is 17.6 Å². The van der Waals surface area contributed by atoms with Crippen molar-refractivity contribution in [1.82, 2.24) is 10.2 Å². The summed E-state index contributed by atoms with van der Waals surface area (Å²) in [5, 5.41) is 3.86. The molecule has 4 nitrogen and oxygen atoms in total. The van der Waals surface area contributed by atoms with Gasteiger partial charge in [0.05, 0.1) is 12.7 Å². The van der Waals surface area contributed by atoms with Crippen LogP contribution in [-0.2, 0) is 12.6 Å². The molecule has 1 aliphatic rings. The fraction of sp³-hybridized carbons (Fsp3) is 0.350. The molecular formula is C20H21Cl2F3N2O2. The van der Waals surface area contributed by atoms with Crippen LogP contribution >= 0.6 is 24.0 Å². The van der Waals surface area contributed by atoms with E-state index in [0.29, 0.717) is 31.1 Å². The van der Waals surface area contributed by atoms with Crippen molar-refractivity contribution in [1.29, 1.82) is 0 Å². The van der Waals surface area contributed by atoms with Gasteiger partial charge in [0.1, 0.15) is 5.75 Å². The van der Waals surface area contributed by atoms with Gasteiger partial charge in [-0.3, -0.25) is 4.79 Å². The van der Waals surface area contributed by atoms with E-state index in [2.05, 4.69) is 5.32 Å². The van der Waals surface area contributed by atoms with Crippen LogP contribution in [0.4, 0.5) is 13.2 Å². The lowest BCUT2D eigenvalue weighted by atomic mass is 10.0. The smallest absolute Gasteiger partial charge is 0.416 e. The van der Waals surface area contributed by atoms with Crippen molar-refractivity contribution >= 4 is 29.9 Å². The van der Waals surface area contributed by atoms with E-state index in [1.807, 2.05) is 12.1 Å². The van der Waals surface area contributed by atoms with E-state index in [0.717, 1.165) is 17.7 Å². The quantitative estimate of drug-likeness (QED) is 0.751. The molecule has 0 aliphatic carbocycles. The Hall–Kier alpha value is -1.96. The van der Waals surface area contributed by atoms with Gasteiger partial charge >= 0.3 is 6.18 Å². The number of alkyl halides is 3. The molecule has 1 saturated heterocycles. The summed E-state index contributed by atoms with van der Waals surface area (Å²) >= 11 is 5.91. The van der Waals surface area contributed by atoms with Crippen molar-refractivity contribution in [3.8, 4) is 5.75 Å². The fourth-order valence-electron chi connectivity index (χ4n) is 3.27. The normalized spacial score (nSPS) is 16.9. The minimum Gasteiger partial charge on any atom is -0.497 e. The standard InChI is InChI=1S/C20H20ClF3N2O2.ClH/c1-28-18-10-14(9-15(11-18)20(22,23)24)19(27)26-7-6-25-12-17(26)8-13-2-4-16(21)5-3-13;/h2-5,9-11,17,25H,6-8,12H2,1H3;1H. The van der Waals surface area contributed by atoms with Gasteiger partial charge in [-0.05, 0) is 42.3 Å². The molecule has 0 aromatic heterocycles. The molecule has 0 spiro atoms. The SMILES string of the molecule is COc1cc(C(=O)N2CCNCC2Cc2ccc(Cl)cc2)cc(C(F)(F)F)c1.Cl. The summed E-state index contributed by atoms with van der Waals surface area (Å²) < 4.78 is 44.5. The lowest BCUT2D eigenvalue weighted by Gasteiger charge is -2.36. The van der Waals surface area contributed by atoms with Crippen molar-refractivity contribution in [2.45, 2.75) is 18.6 Å². The van der Waals surface area contributed by atoms with Crippen LogP contribution in [0.2, 0.25) is 5.02 Å². The van der Waals surface area contributed by atoms with Crippen molar-refractivity contribution < 1.29 is 22.7 Å². The van der Waals surface area contributed by atoms with Gasteiger partial charge in [0.2, 0.25) is 0 Å². The van der Waals surface area contributed by atoms with Crippen molar-refractivity contribution in [3.05, 3.63) is 64.2 Å². The summed E-state index contributed by atoms with van der Waals surface area (Å²) in [7, 11) is 1.28. The Morgan fingerprint density at radius 2 is 1.93 bits per heavy atom. The monoisotopic (exact) mass is 448 g/mol. The zero-order valence-electron chi connectivity index (χ0n) is 15.6. The molecule has 0 saturated carbocycles. The van der Waals surface area contributed by atoms with E-state index in [-0.39, 0.29) is 29.8 Å². The van der Waals surface area contributed by atoms with Crippen LogP contribution in [0.1, 0.15) is 21.5 Å². The number of halogens is 5. The number of amides is 1. The van der Waals surface area contributed by atoms with Crippen LogP contribution in [-0.4, -0.2) is 43.6 Å². The average Bonchev–Trinajstić information content (AvgIpc) is 2.68. The lowest BCUT2D eigenvalue weighted by Crippen LogP contribution is -2.54. The van der Waals surface area contributed by atoms with Crippen molar-refractivity contribution in [2.75, 3.05) is 26.7 Å². The average molecular weight is 449 g/mol. The molecule has 3 rings (SSSR count). The predicted octanol–water partition coefficient (Wildman–Crippen LogP) is 4.45. The Kier molecular flexibility index (Phi) is 7.80. The van der Waals surface area contributed by atoms with Gasteiger partial charge in [-0.25, -0.2) is 0 Å². The summed E-state index contributed by atoms with van der Waals surface area (Å²) in [6, 6.07) is 10.3. The number of ether oxygens (including phenoxy) is 1. The molecule has 1 fully saturated rings. The van der Waals surface area contributed by atoms with Crippen LogP contribution in [0.15, 0.2) is 42.5 Å². The zero-order chi connectivity index (χ0) is 20.3. The maximum absolute atomic E-state index is 13.2. The first kappa shape index (κ1) is 23.3. The number of methoxy groups -OCH3 is 1. The van der Waals surface area contributed by atoms with E-state index in [9.17, 15) is 18.0 Å². The highest BCUT2D eigenvalue weighted by Crippen LogP contribution is 2.33. The number of hydrogen-bond donors (Lipinski definition) is 1. The summed E-state index contributed by atoms with van der Waals surface area (Å²) in [6.07, 6.45) is -3.98. The van der Waals surface area contributed by atoms with Gasteiger partial charge in [0.15, 0.2) is 0 Å². The maximum atomic E-state index is 13.2. The molecule has 1 heterocycles. The summed E-state index contributed by atoms with van der Waals surface area (Å²) in [6.45, 7) is 1.55. The molecule has 2 aromatic carbocycles. The largest absolute Gasteiger partial charge is 0.497 e. The highest BCUT2D eigenvalue weighted by Gasteiger charge is 2.34. The first-order valence-electron chi connectivity index (χ1n) is 8.80. The molecule has 29 heavy (non-hydrogen) atoms. The van der Waals surface area contributed by atoms with Gasteiger partial charge in [0, 0.05) is 36.3 Å². The number of carbonyl (C=O) groups excluding carboxylic acids is 1. The summed E-state index contributed by atoms with van der Waals surface area (Å²) in [5.41, 5.74) is 0.0618. The second kappa shape index (κ2) is 9.69. The lowest BCUT2D eigenvalue weighted by molar-refractivity contribution is -0.137. The van der Waals surface area contributed by atoms with E-state index >= 15 is 0 Å². The molecule has 0 radical (unpaired) electrons. The Morgan fingerprint density at radius 1 is 1.24 bits per heavy atom. The van der Waals surface area contributed by atoms with Crippen molar-refractivity contribution in [2.24, 2.45) is 0 Å². The first-order chi connectivity index (χ1) is 13.3. The van der Waals surface area contributed by atoms with E-state index in [4.69, 9.17) is 16.3 Å². The van der Waals surface area contributed by atoms with Crippen molar-refractivity contribution in [3.63, 3.8) is 0 Å². The number of nitrogens with zero attached hydrogens (tertiary/aromatic N) is 1. The van der Waals surface area contributed by atoms with Crippen LogP contribution in [0.3, 0.4) is 0 Å². The topological polar surface area (TPSA) is 41.6 Å². The number of carbonyl (C=O) groups is 1. The van der Waals surface area contributed by atoms with Gasteiger partial charge in [-0.15, -0.1) is 12.4 Å². The van der Waals surface area contributed by atoms with Gasteiger partial charge < -0.3 is 15.0 Å². The molecule has 2 aromatic rings. The molecule has 1 amide bonds. The van der Waals surface area contributed by atoms with Crippen LogP contribution in [0, 0.1) is 0 Å². The minimum absolute atomic E-state index is 0. The third kappa shape index (κ3) is 5.78. The number of piperazine rings is 1. The highest BCUT2D eigenvalue weighted by molar-refractivity contribution is 6.30. The highest BCUT2D eigenvalue weighted by atomic mass is 35.5. The molecule has 1 unspecified atom stereocenters. The zero-order valence-corrected chi connectivity index (χ0v) is 17.2. The number of rotatable bonds is 4. The third-order valence-corrected chi connectivity index (χ3v) is 4.96. The summed E-state index contributed by atoms with van der Waals surface area (Å²) in [4.78, 5) is 14.7. The summed E-state index contributed by atoms with van der Waals surface area (Å²) in [5.74, 6) is -0.438. The Bertz CT molecular complexity index is 845. The minimum atomic E-state index is -4.56.